The highest BCUT2D eigenvalue weighted by molar-refractivity contribution is 6.35. The summed E-state index contributed by atoms with van der Waals surface area (Å²) in [5, 5.41) is 10.7. The maximum Gasteiger partial charge on any atom is 0.322 e. The van der Waals surface area contributed by atoms with E-state index in [0.717, 1.165) is 0 Å². The van der Waals surface area contributed by atoms with Crippen LogP contribution in [0.5, 0.6) is 5.75 Å². The molecule has 3 rings (SSSR count). The van der Waals surface area contributed by atoms with E-state index in [1.807, 2.05) is 0 Å². The Kier molecular flexibility index (Phi) is 5.16. The SMILES string of the molecule is O=C(COc1ccccc1F)Nc1nnc(-c2cc(Cl)cc(Cl)c2)o1. The first kappa shape index (κ1) is 17.2. The van der Waals surface area contributed by atoms with Gasteiger partial charge in [-0.1, -0.05) is 40.4 Å². The van der Waals surface area contributed by atoms with Crippen molar-refractivity contribution >= 4 is 35.1 Å². The fourth-order valence-electron chi connectivity index (χ4n) is 1.93. The van der Waals surface area contributed by atoms with Gasteiger partial charge in [-0.25, -0.2) is 4.39 Å². The van der Waals surface area contributed by atoms with E-state index in [0.29, 0.717) is 15.6 Å². The van der Waals surface area contributed by atoms with Crippen LogP contribution in [0.25, 0.3) is 11.5 Å². The predicted molar refractivity (Wildman–Crippen MR) is 90.3 cm³/mol. The molecule has 2 aromatic carbocycles. The Balaban J connectivity index is 1.63. The number of carbonyl (C=O) groups is 1. The van der Waals surface area contributed by atoms with Crippen molar-refractivity contribution in [2.24, 2.45) is 0 Å². The fraction of sp³-hybridized carbons (Fsp3) is 0.0625. The Morgan fingerprint density at radius 3 is 2.60 bits per heavy atom. The molecular formula is C16H10Cl2FN3O3. The first-order valence-corrected chi connectivity index (χ1v) is 7.74. The minimum Gasteiger partial charge on any atom is -0.481 e. The predicted octanol–water partition coefficient (Wildman–Crippen LogP) is 4.20. The minimum atomic E-state index is -0.581. The van der Waals surface area contributed by atoms with Gasteiger partial charge in [0.25, 0.3) is 5.91 Å². The van der Waals surface area contributed by atoms with Crippen molar-refractivity contribution in [3.8, 4) is 17.2 Å². The molecule has 0 spiro atoms. The molecule has 0 aliphatic heterocycles. The topological polar surface area (TPSA) is 77.2 Å². The Bertz CT molecular complexity index is 897. The molecule has 3 aromatic rings. The number of carbonyl (C=O) groups excluding carboxylic acids is 1. The molecule has 0 aliphatic rings. The number of nitrogens with zero attached hydrogens (tertiary/aromatic N) is 2. The smallest absolute Gasteiger partial charge is 0.322 e. The van der Waals surface area contributed by atoms with Crippen LogP contribution >= 0.6 is 23.2 Å². The number of anilines is 1. The van der Waals surface area contributed by atoms with E-state index >= 15 is 0 Å². The third-order valence-corrected chi connectivity index (χ3v) is 3.41. The van der Waals surface area contributed by atoms with Gasteiger partial charge in [-0.05, 0) is 30.3 Å². The summed E-state index contributed by atoms with van der Waals surface area (Å²) in [6.07, 6.45) is 0. The highest BCUT2D eigenvalue weighted by atomic mass is 35.5. The molecule has 0 aliphatic carbocycles. The summed E-state index contributed by atoms with van der Waals surface area (Å²) >= 11 is 11.8. The van der Waals surface area contributed by atoms with Crippen molar-refractivity contribution in [2.75, 3.05) is 11.9 Å². The molecule has 1 amide bonds. The van der Waals surface area contributed by atoms with E-state index in [9.17, 15) is 9.18 Å². The minimum absolute atomic E-state index is 0.0302. The van der Waals surface area contributed by atoms with Crippen LogP contribution in [0.4, 0.5) is 10.4 Å². The molecule has 0 unspecified atom stereocenters. The number of nitrogens with one attached hydrogen (secondary N) is 1. The summed E-state index contributed by atoms with van der Waals surface area (Å²) in [5.74, 6) is -1.04. The molecule has 25 heavy (non-hydrogen) atoms. The molecule has 128 valence electrons. The van der Waals surface area contributed by atoms with E-state index < -0.39 is 18.3 Å². The first-order valence-electron chi connectivity index (χ1n) is 6.98. The van der Waals surface area contributed by atoms with E-state index in [1.165, 1.54) is 18.2 Å². The van der Waals surface area contributed by atoms with Crippen molar-refractivity contribution < 1.29 is 18.3 Å². The lowest BCUT2D eigenvalue weighted by Crippen LogP contribution is -2.20. The molecule has 1 N–H and O–H groups in total. The summed E-state index contributed by atoms with van der Waals surface area (Å²) in [5.41, 5.74) is 0.508. The van der Waals surface area contributed by atoms with E-state index in [-0.39, 0.29) is 17.7 Å². The number of benzene rings is 2. The Hall–Kier alpha value is -2.64. The Labute approximate surface area is 151 Å². The summed E-state index contributed by atoms with van der Waals surface area (Å²) in [4.78, 5) is 11.8. The maximum atomic E-state index is 13.4. The summed E-state index contributed by atoms with van der Waals surface area (Å²) in [6, 6.07) is 10.4. The zero-order valence-electron chi connectivity index (χ0n) is 12.5. The summed E-state index contributed by atoms with van der Waals surface area (Å²) in [6.45, 7) is -0.415. The largest absolute Gasteiger partial charge is 0.481 e. The van der Waals surface area contributed by atoms with Gasteiger partial charge >= 0.3 is 6.01 Å². The van der Waals surface area contributed by atoms with Crippen molar-refractivity contribution in [3.63, 3.8) is 0 Å². The van der Waals surface area contributed by atoms with Crippen LogP contribution in [0, 0.1) is 5.82 Å². The van der Waals surface area contributed by atoms with Gasteiger partial charge in [-0.15, -0.1) is 5.10 Å². The zero-order valence-corrected chi connectivity index (χ0v) is 14.0. The molecule has 0 atom stereocenters. The van der Waals surface area contributed by atoms with Crippen LogP contribution in [0.15, 0.2) is 46.9 Å². The van der Waals surface area contributed by atoms with Crippen LogP contribution in [0.2, 0.25) is 10.0 Å². The molecule has 0 saturated carbocycles. The van der Waals surface area contributed by atoms with Gasteiger partial charge in [0.1, 0.15) is 0 Å². The van der Waals surface area contributed by atoms with Crippen LogP contribution < -0.4 is 10.1 Å². The molecule has 6 nitrogen and oxygen atoms in total. The summed E-state index contributed by atoms with van der Waals surface area (Å²) < 4.78 is 23.8. The normalized spacial score (nSPS) is 10.5. The van der Waals surface area contributed by atoms with Gasteiger partial charge in [0.05, 0.1) is 0 Å². The fourth-order valence-corrected chi connectivity index (χ4v) is 2.45. The zero-order chi connectivity index (χ0) is 17.8. The monoisotopic (exact) mass is 381 g/mol. The molecule has 0 radical (unpaired) electrons. The second kappa shape index (κ2) is 7.50. The third-order valence-electron chi connectivity index (χ3n) is 2.98. The molecule has 0 saturated heterocycles. The van der Waals surface area contributed by atoms with Crippen molar-refractivity contribution in [2.45, 2.75) is 0 Å². The number of para-hydroxylation sites is 1. The van der Waals surface area contributed by atoms with Crippen molar-refractivity contribution in [3.05, 3.63) is 58.3 Å². The lowest BCUT2D eigenvalue weighted by Gasteiger charge is -2.05. The highest BCUT2D eigenvalue weighted by Crippen LogP contribution is 2.27. The van der Waals surface area contributed by atoms with E-state index in [4.69, 9.17) is 32.4 Å². The molecule has 0 bridgehead atoms. The number of hydrogen-bond donors (Lipinski definition) is 1. The molecular weight excluding hydrogens is 372 g/mol. The number of rotatable bonds is 5. The van der Waals surface area contributed by atoms with Gasteiger partial charge in [-0.3, -0.25) is 10.1 Å². The summed E-state index contributed by atoms with van der Waals surface area (Å²) in [7, 11) is 0. The number of ether oxygens (including phenoxy) is 1. The number of amides is 1. The first-order chi connectivity index (χ1) is 12.0. The van der Waals surface area contributed by atoms with Crippen LogP contribution in [-0.4, -0.2) is 22.7 Å². The second-order valence-corrected chi connectivity index (χ2v) is 5.71. The van der Waals surface area contributed by atoms with Gasteiger partial charge in [0.15, 0.2) is 18.2 Å². The standard InChI is InChI=1S/C16H10Cl2FN3O3/c17-10-5-9(6-11(18)7-10)15-21-22-16(25-15)20-14(23)8-24-13-4-2-1-3-12(13)19/h1-7H,8H2,(H,20,22,23). The highest BCUT2D eigenvalue weighted by Gasteiger charge is 2.13. The molecule has 1 aromatic heterocycles. The lowest BCUT2D eigenvalue weighted by atomic mass is 10.2. The average Bonchev–Trinajstić information content (AvgIpc) is 3.02. The van der Waals surface area contributed by atoms with Gasteiger partial charge < -0.3 is 9.15 Å². The van der Waals surface area contributed by atoms with E-state index in [1.54, 1.807) is 24.3 Å². The van der Waals surface area contributed by atoms with Crippen LogP contribution in [-0.2, 0) is 4.79 Å². The van der Waals surface area contributed by atoms with E-state index in [2.05, 4.69) is 15.5 Å². The number of halogens is 3. The second-order valence-electron chi connectivity index (χ2n) is 4.84. The van der Waals surface area contributed by atoms with Crippen LogP contribution in [0.3, 0.4) is 0 Å². The number of aromatic nitrogens is 2. The molecule has 0 fully saturated rings. The lowest BCUT2D eigenvalue weighted by molar-refractivity contribution is -0.118. The molecule has 9 heteroatoms. The maximum absolute atomic E-state index is 13.4. The Morgan fingerprint density at radius 2 is 1.88 bits per heavy atom. The van der Waals surface area contributed by atoms with Gasteiger partial charge in [0, 0.05) is 15.6 Å². The third kappa shape index (κ3) is 4.46. The Morgan fingerprint density at radius 1 is 1.16 bits per heavy atom. The van der Waals surface area contributed by atoms with Gasteiger partial charge in [-0.2, -0.15) is 0 Å². The quantitative estimate of drug-likeness (QED) is 0.716. The van der Waals surface area contributed by atoms with Crippen molar-refractivity contribution in [1.29, 1.82) is 0 Å². The average molecular weight is 382 g/mol. The van der Waals surface area contributed by atoms with Gasteiger partial charge in [0.2, 0.25) is 5.89 Å². The van der Waals surface area contributed by atoms with Crippen molar-refractivity contribution in [1.82, 2.24) is 10.2 Å². The van der Waals surface area contributed by atoms with Crippen LogP contribution in [0.1, 0.15) is 0 Å². The molecule has 1 heterocycles. The number of hydrogen-bond acceptors (Lipinski definition) is 5.